The lowest BCUT2D eigenvalue weighted by Gasteiger charge is -2.17. The number of nitrogens with one attached hydrogen (secondary N) is 1. The van der Waals surface area contributed by atoms with E-state index in [-0.39, 0.29) is 0 Å². The second kappa shape index (κ2) is 6.12. The number of thiophene rings is 1. The van der Waals surface area contributed by atoms with Crippen molar-refractivity contribution in [2.75, 3.05) is 6.54 Å². The number of aromatic nitrogens is 1. The molecule has 0 spiro atoms. The van der Waals surface area contributed by atoms with Crippen LogP contribution in [-0.2, 0) is 6.42 Å². The third-order valence-corrected chi connectivity index (χ3v) is 4.19. The second-order valence-electron chi connectivity index (χ2n) is 4.61. The highest BCUT2D eigenvalue weighted by molar-refractivity contribution is 7.10. The van der Waals surface area contributed by atoms with Crippen molar-refractivity contribution in [2.24, 2.45) is 0 Å². The van der Waals surface area contributed by atoms with Crippen molar-refractivity contribution in [2.45, 2.75) is 33.2 Å². The molecule has 0 aliphatic rings. The standard InChI is InChI=1S/C15H20N2S/c1-4-16-14(15-12(3)7-8-18-15)9-13-6-5-11(2)10-17-13/h5-8,10,14,16H,4,9H2,1-3H3. The SMILES string of the molecule is CCNC(Cc1ccc(C)cn1)c1sccc1C. The molecule has 2 rings (SSSR count). The second-order valence-corrected chi connectivity index (χ2v) is 5.56. The smallest absolute Gasteiger partial charge is 0.0473 e. The van der Waals surface area contributed by atoms with Gasteiger partial charge in [0.05, 0.1) is 0 Å². The maximum atomic E-state index is 4.50. The molecule has 0 radical (unpaired) electrons. The number of nitrogens with zero attached hydrogens (tertiary/aromatic N) is 1. The zero-order valence-corrected chi connectivity index (χ0v) is 12.1. The van der Waals surface area contributed by atoms with Crippen LogP contribution >= 0.6 is 11.3 Å². The molecule has 1 atom stereocenters. The summed E-state index contributed by atoms with van der Waals surface area (Å²) in [5, 5.41) is 5.72. The molecule has 0 aliphatic heterocycles. The van der Waals surface area contributed by atoms with Crippen LogP contribution in [0.15, 0.2) is 29.8 Å². The maximum Gasteiger partial charge on any atom is 0.0473 e. The van der Waals surface area contributed by atoms with Crippen molar-refractivity contribution in [3.8, 4) is 0 Å². The van der Waals surface area contributed by atoms with Gasteiger partial charge in [0.1, 0.15) is 0 Å². The molecule has 0 saturated heterocycles. The first-order valence-corrected chi connectivity index (χ1v) is 7.27. The van der Waals surface area contributed by atoms with Crippen LogP contribution in [0.4, 0.5) is 0 Å². The van der Waals surface area contributed by atoms with E-state index in [1.165, 1.54) is 16.0 Å². The lowest BCUT2D eigenvalue weighted by Crippen LogP contribution is -2.23. The molecular weight excluding hydrogens is 240 g/mol. The van der Waals surface area contributed by atoms with Gasteiger partial charge in [0.2, 0.25) is 0 Å². The number of pyridine rings is 1. The van der Waals surface area contributed by atoms with E-state index >= 15 is 0 Å². The van der Waals surface area contributed by atoms with Crippen LogP contribution < -0.4 is 5.32 Å². The topological polar surface area (TPSA) is 24.9 Å². The monoisotopic (exact) mass is 260 g/mol. The summed E-state index contributed by atoms with van der Waals surface area (Å²) in [7, 11) is 0. The van der Waals surface area contributed by atoms with Gasteiger partial charge >= 0.3 is 0 Å². The van der Waals surface area contributed by atoms with Crippen molar-refractivity contribution >= 4 is 11.3 Å². The van der Waals surface area contributed by atoms with Crippen molar-refractivity contribution in [3.05, 3.63) is 51.5 Å². The Hall–Kier alpha value is -1.19. The van der Waals surface area contributed by atoms with Gasteiger partial charge in [0.25, 0.3) is 0 Å². The Bertz CT molecular complexity index is 487. The summed E-state index contributed by atoms with van der Waals surface area (Å²) < 4.78 is 0. The Morgan fingerprint density at radius 3 is 2.67 bits per heavy atom. The molecule has 1 N–H and O–H groups in total. The minimum Gasteiger partial charge on any atom is -0.309 e. The largest absolute Gasteiger partial charge is 0.309 e. The quantitative estimate of drug-likeness (QED) is 0.887. The number of rotatable bonds is 5. The summed E-state index contributed by atoms with van der Waals surface area (Å²) in [5.41, 5.74) is 3.74. The summed E-state index contributed by atoms with van der Waals surface area (Å²) >= 11 is 1.83. The van der Waals surface area contributed by atoms with Gasteiger partial charge < -0.3 is 5.32 Å². The molecule has 3 heteroatoms. The van der Waals surface area contributed by atoms with Crippen LogP contribution in [0, 0.1) is 13.8 Å². The predicted molar refractivity (Wildman–Crippen MR) is 78.2 cm³/mol. The van der Waals surface area contributed by atoms with E-state index in [0.29, 0.717) is 6.04 Å². The molecular formula is C15H20N2S. The lowest BCUT2D eigenvalue weighted by molar-refractivity contribution is 0.550. The van der Waals surface area contributed by atoms with Crippen LogP contribution in [0.25, 0.3) is 0 Å². The minimum absolute atomic E-state index is 0.380. The highest BCUT2D eigenvalue weighted by atomic mass is 32.1. The molecule has 2 aromatic rings. The van der Waals surface area contributed by atoms with Crippen LogP contribution in [-0.4, -0.2) is 11.5 Å². The Morgan fingerprint density at radius 1 is 1.28 bits per heavy atom. The molecule has 2 heterocycles. The van der Waals surface area contributed by atoms with E-state index in [0.717, 1.165) is 18.7 Å². The molecule has 96 valence electrons. The van der Waals surface area contributed by atoms with Crippen LogP contribution in [0.5, 0.6) is 0 Å². The molecule has 0 bridgehead atoms. The van der Waals surface area contributed by atoms with Crippen molar-refractivity contribution in [1.29, 1.82) is 0 Å². The average molecular weight is 260 g/mol. The van der Waals surface area contributed by atoms with Gasteiger partial charge in [-0.2, -0.15) is 0 Å². The first-order valence-electron chi connectivity index (χ1n) is 6.39. The molecule has 1 unspecified atom stereocenters. The normalized spacial score (nSPS) is 12.6. The van der Waals surface area contributed by atoms with Gasteiger partial charge in [0.15, 0.2) is 0 Å². The molecule has 2 nitrogen and oxygen atoms in total. The zero-order valence-electron chi connectivity index (χ0n) is 11.2. The van der Waals surface area contributed by atoms with Crippen LogP contribution in [0.2, 0.25) is 0 Å². The van der Waals surface area contributed by atoms with Crippen LogP contribution in [0.3, 0.4) is 0 Å². The van der Waals surface area contributed by atoms with Crippen molar-refractivity contribution < 1.29 is 0 Å². The van der Waals surface area contributed by atoms with E-state index in [1.54, 1.807) is 0 Å². The Balaban J connectivity index is 2.16. The molecule has 0 fully saturated rings. The van der Waals surface area contributed by atoms with Crippen molar-refractivity contribution in [1.82, 2.24) is 10.3 Å². The lowest BCUT2D eigenvalue weighted by atomic mass is 10.1. The number of likely N-dealkylation sites (N-methyl/N-ethyl adjacent to an activating group) is 1. The first-order chi connectivity index (χ1) is 8.70. The fourth-order valence-corrected chi connectivity index (χ4v) is 3.08. The zero-order chi connectivity index (χ0) is 13.0. The summed E-state index contributed by atoms with van der Waals surface area (Å²) in [4.78, 5) is 5.93. The fourth-order valence-electron chi connectivity index (χ4n) is 2.07. The molecule has 0 amide bonds. The number of hydrogen-bond donors (Lipinski definition) is 1. The van der Waals surface area contributed by atoms with Gasteiger partial charge in [-0.05, 0) is 49.0 Å². The van der Waals surface area contributed by atoms with Gasteiger partial charge in [-0.25, -0.2) is 0 Å². The van der Waals surface area contributed by atoms with E-state index < -0.39 is 0 Å². The molecule has 0 saturated carbocycles. The highest BCUT2D eigenvalue weighted by Gasteiger charge is 2.15. The third-order valence-electron chi connectivity index (χ3n) is 3.05. The Morgan fingerprint density at radius 2 is 2.11 bits per heavy atom. The van der Waals surface area contributed by atoms with E-state index in [1.807, 2.05) is 17.5 Å². The van der Waals surface area contributed by atoms with Crippen LogP contribution in [0.1, 0.15) is 34.7 Å². The minimum atomic E-state index is 0.380. The Kier molecular flexibility index (Phi) is 4.50. The van der Waals surface area contributed by atoms with Gasteiger partial charge in [-0.1, -0.05) is 13.0 Å². The van der Waals surface area contributed by atoms with Gasteiger partial charge in [-0.3, -0.25) is 4.98 Å². The van der Waals surface area contributed by atoms with E-state index in [9.17, 15) is 0 Å². The average Bonchev–Trinajstić information content (AvgIpc) is 2.78. The summed E-state index contributed by atoms with van der Waals surface area (Å²) in [6.45, 7) is 7.38. The number of hydrogen-bond acceptors (Lipinski definition) is 3. The Labute approximate surface area is 113 Å². The summed E-state index contributed by atoms with van der Waals surface area (Å²) in [5.74, 6) is 0. The number of aryl methyl sites for hydroxylation is 2. The van der Waals surface area contributed by atoms with E-state index in [2.05, 4.69) is 54.7 Å². The molecule has 2 aromatic heterocycles. The highest BCUT2D eigenvalue weighted by Crippen LogP contribution is 2.26. The predicted octanol–water partition coefficient (Wildman–Crippen LogP) is 3.65. The molecule has 18 heavy (non-hydrogen) atoms. The molecule has 0 aromatic carbocycles. The van der Waals surface area contributed by atoms with Crippen molar-refractivity contribution in [3.63, 3.8) is 0 Å². The molecule has 0 aliphatic carbocycles. The fraction of sp³-hybridized carbons (Fsp3) is 0.400. The summed E-state index contributed by atoms with van der Waals surface area (Å²) in [6, 6.07) is 6.83. The van der Waals surface area contributed by atoms with E-state index in [4.69, 9.17) is 0 Å². The first kappa shape index (κ1) is 13.2. The van der Waals surface area contributed by atoms with Gasteiger partial charge in [-0.15, -0.1) is 11.3 Å². The third kappa shape index (κ3) is 3.18. The summed E-state index contributed by atoms with van der Waals surface area (Å²) in [6.07, 6.45) is 2.90. The van der Waals surface area contributed by atoms with Gasteiger partial charge in [0, 0.05) is 29.2 Å². The maximum absolute atomic E-state index is 4.50.